The number of fused-ring (bicyclic) bond motifs is 2. The minimum atomic E-state index is -0.907. The molecule has 0 bridgehead atoms. The molecule has 5 rings (SSSR count). The molecule has 2 aromatic carbocycles. The third kappa shape index (κ3) is 3.28. The second kappa shape index (κ2) is 7.74. The van der Waals surface area contributed by atoms with Crippen molar-refractivity contribution in [1.29, 1.82) is 0 Å². The molecule has 1 aliphatic rings. The van der Waals surface area contributed by atoms with Gasteiger partial charge in [-0.25, -0.2) is 9.18 Å². The maximum Gasteiger partial charge on any atom is 0.332 e. The summed E-state index contributed by atoms with van der Waals surface area (Å²) < 4.78 is 22.0. The van der Waals surface area contributed by atoms with Gasteiger partial charge in [-0.3, -0.25) is 5.10 Å². The first-order chi connectivity index (χ1) is 15.3. The van der Waals surface area contributed by atoms with E-state index >= 15 is 0 Å². The molecule has 6 nitrogen and oxygen atoms in total. The summed E-state index contributed by atoms with van der Waals surface area (Å²) in [6, 6.07) is 9.44. The van der Waals surface area contributed by atoms with Gasteiger partial charge in [-0.2, -0.15) is 5.10 Å². The number of aliphatic carboxylic acids is 1. The van der Waals surface area contributed by atoms with E-state index in [1.54, 1.807) is 13.1 Å². The van der Waals surface area contributed by atoms with E-state index < -0.39 is 12.1 Å². The summed E-state index contributed by atoms with van der Waals surface area (Å²) >= 11 is 0. The number of H-pyrrole nitrogens is 1. The van der Waals surface area contributed by atoms with E-state index in [0.717, 1.165) is 39.6 Å². The van der Waals surface area contributed by atoms with Crippen LogP contribution in [-0.4, -0.2) is 38.6 Å². The third-order valence-corrected chi connectivity index (χ3v) is 6.51. The Morgan fingerprint density at radius 3 is 2.75 bits per heavy atom. The predicted octanol–water partition coefficient (Wildman–Crippen LogP) is 5.42. The second-order valence-electron chi connectivity index (χ2n) is 8.98. The van der Waals surface area contributed by atoms with Crippen LogP contribution in [0.25, 0.3) is 27.5 Å². The number of rotatable bonds is 4. The van der Waals surface area contributed by atoms with Crippen molar-refractivity contribution in [2.45, 2.75) is 51.6 Å². The van der Waals surface area contributed by atoms with Crippen LogP contribution in [0.4, 0.5) is 4.39 Å². The summed E-state index contributed by atoms with van der Waals surface area (Å²) in [5, 5.41) is 18.7. The zero-order valence-electron chi connectivity index (χ0n) is 18.4. The van der Waals surface area contributed by atoms with E-state index in [-0.39, 0.29) is 17.7 Å². The van der Waals surface area contributed by atoms with Gasteiger partial charge < -0.3 is 14.4 Å². The fourth-order valence-corrected chi connectivity index (χ4v) is 4.99. The highest BCUT2D eigenvalue weighted by Gasteiger charge is 2.33. The van der Waals surface area contributed by atoms with Gasteiger partial charge in [0.05, 0.1) is 23.8 Å². The molecule has 0 unspecified atom stereocenters. The molecule has 1 saturated heterocycles. The van der Waals surface area contributed by atoms with Gasteiger partial charge in [-0.1, -0.05) is 13.8 Å². The normalized spacial score (nSPS) is 19.3. The van der Waals surface area contributed by atoms with E-state index in [4.69, 9.17) is 4.74 Å². The Morgan fingerprint density at radius 1 is 1.28 bits per heavy atom. The predicted molar refractivity (Wildman–Crippen MR) is 121 cm³/mol. The number of halogens is 1. The smallest absolute Gasteiger partial charge is 0.332 e. The number of benzene rings is 2. The van der Waals surface area contributed by atoms with Crippen LogP contribution >= 0.6 is 0 Å². The molecule has 0 spiro atoms. The van der Waals surface area contributed by atoms with Crippen LogP contribution in [0.15, 0.2) is 36.5 Å². The number of aromatic nitrogens is 3. The van der Waals surface area contributed by atoms with Crippen molar-refractivity contribution in [3.63, 3.8) is 0 Å². The first-order valence-corrected chi connectivity index (χ1v) is 11.0. The molecule has 1 fully saturated rings. The number of carboxylic acid groups (broad SMARTS) is 1. The Kier molecular flexibility index (Phi) is 5.01. The van der Waals surface area contributed by atoms with Gasteiger partial charge >= 0.3 is 5.97 Å². The SMILES string of the molecule is Cc1cc(-n2c(C(C)C)c([C@H]3CC[C@H](C(=O)O)OC3)c3cc4[nH]ncc4cc32)ccc1F. The Hall–Kier alpha value is -3.19. The molecule has 0 aliphatic carbocycles. The molecule has 4 aromatic rings. The second-order valence-corrected chi connectivity index (χ2v) is 8.98. The minimum absolute atomic E-state index is 0.0775. The number of hydrogen-bond acceptors (Lipinski definition) is 3. The monoisotopic (exact) mass is 435 g/mol. The first-order valence-electron chi connectivity index (χ1n) is 11.0. The van der Waals surface area contributed by atoms with Crippen LogP contribution in [0.3, 0.4) is 0 Å². The summed E-state index contributed by atoms with van der Waals surface area (Å²) in [6.45, 7) is 6.44. The summed E-state index contributed by atoms with van der Waals surface area (Å²) in [5.41, 5.74) is 5.80. The Bertz CT molecular complexity index is 1330. The van der Waals surface area contributed by atoms with Gasteiger partial charge in [-0.05, 0) is 67.1 Å². The van der Waals surface area contributed by atoms with Gasteiger partial charge in [0.15, 0.2) is 6.10 Å². The molecule has 166 valence electrons. The molecule has 2 N–H and O–H groups in total. The summed E-state index contributed by atoms with van der Waals surface area (Å²) in [7, 11) is 0. The molecule has 2 atom stereocenters. The third-order valence-electron chi connectivity index (χ3n) is 6.51. The lowest BCUT2D eigenvalue weighted by molar-refractivity contribution is -0.153. The largest absolute Gasteiger partial charge is 0.479 e. The highest BCUT2D eigenvalue weighted by atomic mass is 19.1. The van der Waals surface area contributed by atoms with Crippen LogP contribution in [-0.2, 0) is 9.53 Å². The lowest BCUT2D eigenvalue weighted by atomic mass is 9.87. The van der Waals surface area contributed by atoms with Crippen LogP contribution in [0.5, 0.6) is 0 Å². The molecule has 0 radical (unpaired) electrons. The average molecular weight is 435 g/mol. The lowest BCUT2D eigenvalue weighted by Crippen LogP contribution is -2.31. The molecule has 0 saturated carbocycles. The molecule has 1 aliphatic heterocycles. The topological polar surface area (TPSA) is 80.1 Å². The van der Waals surface area contributed by atoms with Crippen molar-refractivity contribution in [2.24, 2.45) is 0 Å². The van der Waals surface area contributed by atoms with Crippen LogP contribution in [0, 0.1) is 12.7 Å². The molecule has 0 amide bonds. The number of carboxylic acids is 1. The number of hydrogen-bond donors (Lipinski definition) is 2. The van der Waals surface area contributed by atoms with E-state index in [1.807, 2.05) is 12.1 Å². The zero-order valence-corrected chi connectivity index (χ0v) is 18.4. The van der Waals surface area contributed by atoms with Crippen molar-refractivity contribution in [3.8, 4) is 5.69 Å². The van der Waals surface area contributed by atoms with Gasteiger partial charge in [-0.15, -0.1) is 0 Å². The quantitative estimate of drug-likeness (QED) is 0.448. The molecule has 2 aromatic heterocycles. The summed E-state index contributed by atoms with van der Waals surface area (Å²) in [4.78, 5) is 11.4. The number of aromatic amines is 1. The Morgan fingerprint density at radius 2 is 2.09 bits per heavy atom. The van der Waals surface area contributed by atoms with E-state index in [0.29, 0.717) is 18.6 Å². The first kappa shape index (κ1) is 20.7. The highest BCUT2D eigenvalue weighted by Crippen LogP contribution is 2.43. The maximum atomic E-state index is 14.1. The summed E-state index contributed by atoms with van der Waals surface area (Å²) in [5.74, 6) is -0.866. The molecule has 3 heterocycles. The van der Waals surface area contributed by atoms with Crippen LogP contribution in [0.1, 0.15) is 55.3 Å². The number of nitrogens with zero attached hydrogens (tertiary/aromatic N) is 2. The van der Waals surface area contributed by atoms with Gasteiger partial charge in [0.25, 0.3) is 0 Å². The van der Waals surface area contributed by atoms with Crippen molar-refractivity contribution in [2.75, 3.05) is 6.61 Å². The Balaban J connectivity index is 1.78. The van der Waals surface area contributed by atoms with Gasteiger partial charge in [0.1, 0.15) is 5.82 Å². The van der Waals surface area contributed by atoms with Crippen molar-refractivity contribution in [3.05, 3.63) is 59.2 Å². The zero-order chi connectivity index (χ0) is 22.6. The number of aryl methyl sites for hydroxylation is 1. The van der Waals surface area contributed by atoms with Crippen molar-refractivity contribution < 1.29 is 19.0 Å². The summed E-state index contributed by atoms with van der Waals surface area (Å²) in [6.07, 6.45) is 2.27. The number of ether oxygens (including phenoxy) is 1. The minimum Gasteiger partial charge on any atom is -0.479 e. The van der Waals surface area contributed by atoms with Crippen LogP contribution in [0.2, 0.25) is 0 Å². The fraction of sp³-hybridized carbons (Fsp3) is 0.360. The standard InChI is InChI=1S/C25H26FN3O3/c1-13(2)24-23(15-4-7-22(25(30)31)32-12-15)18-10-20-16(11-27-28-20)9-21(18)29(24)17-5-6-19(26)14(3)8-17/h5-6,8-11,13,15,22H,4,7,12H2,1-3H3,(H,27,28)(H,30,31)/t15-,22+/m0/s1. The molecular formula is C25H26FN3O3. The van der Waals surface area contributed by atoms with Gasteiger partial charge in [0, 0.05) is 28.1 Å². The van der Waals surface area contributed by atoms with Crippen molar-refractivity contribution in [1.82, 2.24) is 14.8 Å². The Labute approximate surface area is 185 Å². The molecular weight excluding hydrogens is 409 g/mol. The van der Waals surface area contributed by atoms with E-state index in [2.05, 4.69) is 40.7 Å². The fourth-order valence-electron chi connectivity index (χ4n) is 4.99. The number of nitrogens with one attached hydrogen (secondary N) is 1. The molecule has 7 heteroatoms. The van der Waals surface area contributed by atoms with E-state index in [9.17, 15) is 14.3 Å². The number of carbonyl (C=O) groups is 1. The average Bonchev–Trinajstić information content (AvgIpc) is 3.36. The maximum absolute atomic E-state index is 14.1. The van der Waals surface area contributed by atoms with Crippen LogP contribution < -0.4 is 0 Å². The highest BCUT2D eigenvalue weighted by molar-refractivity contribution is 5.99. The molecule has 32 heavy (non-hydrogen) atoms. The van der Waals surface area contributed by atoms with Crippen molar-refractivity contribution >= 4 is 27.8 Å². The van der Waals surface area contributed by atoms with E-state index in [1.165, 1.54) is 11.6 Å². The van der Waals surface area contributed by atoms with Gasteiger partial charge in [0.2, 0.25) is 0 Å². The lowest BCUT2D eigenvalue weighted by Gasteiger charge is -2.28.